The highest BCUT2D eigenvalue weighted by atomic mass is 32.2. The van der Waals surface area contributed by atoms with Crippen LogP contribution in [-0.4, -0.2) is 18.8 Å². The minimum atomic E-state index is -3.40. The minimum Gasteiger partial charge on any atom is -0.326 e. The maximum Gasteiger partial charge on any atom is 0.253 e. The number of hydrogen-bond donors (Lipinski definition) is 1. The molecule has 0 atom stereocenters. The SMILES string of the molecule is NCc1ccc(S(=O)(=O)N(Cc2cccs2)C2CC2)s1. The van der Waals surface area contributed by atoms with E-state index in [0.717, 1.165) is 22.6 Å². The van der Waals surface area contributed by atoms with Crippen LogP contribution in [0.1, 0.15) is 22.6 Å². The smallest absolute Gasteiger partial charge is 0.253 e. The number of sulfonamides is 1. The molecule has 1 saturated carbocycles. The van der Waals surface area contributed by atoms with E-state index in [1.54, 1.807) is 27.8 Å². The van der Waals surface area contributed by atoms with Gasteiger partial charge in [0.15, 0.2) is 0 Å². The van der Waals surface area contributed by atoms with Crippen LogP contribution < -0.4 is 5.73 Å². The fourth-order valence-corrected chi connectivity index (χ4v) is 5.86. The number of hydrogen-bond acceptors (Lipinski definition) is 5. The Hall–Kier alpha value is -0.730. The second-order valence-corrected chi connectivity index (χ2v) is 9.10. The van der Waals surface area contributed by atoms with Gasteiger partial charge in [0.25, 0.3) is 10.0 Å². The Labute approximate surface area is 126 Å². The summed E-state index contributed by atoms with van der Waals surface area (Å²) in [4.78, 5) is 1.98. The summed E-state index contributed by atoms with van der Waals surface area (Å²) in [5.41, 5.74) is 5.57. The molecule has 20 heavy (non-hydrogen) atoms. The fourth-order valence-electron chi connectivity index (χ4n) is 2.05. The van der Waals surface area contributed by atoms with Crippen molar-refractivity contribution in [2.24, 2.45) is 5.73 Å². The monoisotopic (exact) mass is 328 g/mol. The molecule has 2 N–H and O–H groups in total. The van der Waals surface area contributed by atoms with Gasteiger partial charge in [0.05, 0.1) is 0 Å². The van der Waals surface area contributed by atoms with E-state index in [0.29, 0.717) is 17.3 Å². The van der Waals surface area contributed by atoms with Gasteiger partial charge in [0.1, 0.15) is 4.21 Å². The maximum absolute atomic E-state index is 12.8. The summed E-state index contributed by atoms with van der Waals surface area (Å²) in [6.07, 6.45) is 1.92. The Kier molecular flexibility index (Phi) is 3.96. The third-order valence-corrected chi connectivity index (χ3v) is 7.58. The first-order valence-electron chi connectivity index (χ1n) is 6.44. The Morgan fingerprint density at radius 1 is 1.25 bits per heavy atom. The predicted molar refractivity (Wildman–Crippen MR) is 82.3 cm³/mol. The Morgan fingerprint density at radius 2 is 2.05 bits per heavy atom. The standard InChI is InChI=1S/C13H16N2O2S3/c14-8-11-5-6-13(19-11)20(16,17)15(10-3-4-10)9-12-2-1-7-18-12/h1-2,5-7,10H,3-4,8-9,14H2. The third-order valence-electron chi connectivity index (χ3n) is 3.25. The highest BCUT2D eigenvalue weighted by Gasteiger charge is 2.38. The summed E-state index contributed by atoms with van der Waals surface area (Å²) >= 11 is 2.87. The lowest BCUT2D eigenvalue weighted by Crippen LogP contribution is -2.31. The number of nitrogens with zero attached hydrogens (tertiary/aromatic N) is 1. The molecule has 0 aliphatic heterocycles. The molecule has 3 rings (SSSR count). The van der Waals surface area contributed by atoms with E-state index in [-0.39, 0.29) is 6.04 Å². The molecule has 0 saturated heterocycles. The van der Waals surface area contributed by atoms with Crippen LogP contribution in [-0.2, 0) is 23.1 Å². The van der Waals surface area contributed by atoms with Crippen molar-refractivity contribution in [1.82, 2.24) is 4.31 Å². The van der Waals surface area contributed by atoms with Crippen molar-refractivity contribution < 1.29 is 8.42 Å². The summed E-state index contributed by atoms with van der Waals surface area (Å²) in [5, 5.41) is 1.98. The molecule has 0 aromatic carbocycles. The molecule has 0 spiro atoms. The van der Waals surface area contributed by atoms with E-state index in [1.807, 2.05) is 17.5 Å². The van der Waals surface area contributed by atoms with Gasteiger partial charge in [0.2, 0.25) is 0 Å². The lowest BCUT2D eigenvalue weighted by atomic mass is 10.4. The van der Waals surface area contributed by atoms with E-state index < -0.39 is 10.0 Å². The molecule has 1 fully saturated rings. The van der Waals surface area contributed by atoms with Crippen LogP contribution in [0.5, 0.6) is 0 Å². The first-order valence-corrected chi connectivity index (χ1v) is 9.58. The number of thiophene rings is 2. The molecule has 2 heterocycles. The molecular formula is C13H16N2O2S3. The zero-order chi connectivity index (χ0) is 14.2. The average Bonchev–Trinajstić information content (AvgIpc) is 2.96. The highest BCUT2D eigenvalue weighted by Crippen LogP contribution is 2.36. The van der Waals surface area contributed by atoms with E-state index >= 15 is 0 Å². The van der Waals surface area contributed by atoms with E-state index in [1.165, 1.54) is 11.3 Å². The molecule has 0 amide bonds. The average molecular weight is 328 g/mol. The molecule has 2 aromatic heterocycles. The van der Waals surface area contributed by atoms with E-state index in [9.17, 15) is 8.42 Å². The van der Waals surface area contributed by atoms with Crippen molar-refractivity contribution in [3.8, 4) is 0 Å². The van der Waals surface area contributed by atoms with Crippen LogP contribution >= 0.6 is 22.7 Å². The molecule has 7 heteroatoms. The van der Waals surface area contributed by atoms with E-state index in [2.05, 4.69) is 0 Å². The topological polar surface area (TPSA) is 63.4 Å². The molecule has 0 unspecified atom stereocenters. The fraction of sp³-hybridized carbons (Fsp3) is 0.385. The molecule has 0 bridgehead atoms. The second kappa shape index (κ2) is 5.57. The molecule has 1 aliphatic carbocycles. The van der Waals surface area contributed by atoms with Crippen molar-refractivity contribution >= 4 is 32.7 Å². The maximum atomic E-state index is 12.8. The molecule has 1 aliphatic rings. The molecule has 108 valence electrons. The van der Waals surface area contributed by atoms with Crippen LogP contribution in [0.2, 0.25) is 0 Å². The van der Waals surface area contributed by atoms with Crippen LogP contribution in [0.25, 0.3) is 0 Å². The van der Waals surface area contributed by atoms with Crippen molar-refractivity contribution in [3.63, 3.8) is 0 Å². The Bertz CT molecular complexity index is 672. The van der Waals surface area contributed by atoms with Gasteiger partial charge in [-0.3, -0.25) is 0 Å². The van der Waals surface area contributed by atoms with Crippen LogP contribution in [0.3, 0.4) is 0 Å². The molecule has 0 radical (unpaired) electrons. The summed E-state index contributed by atoms with van der Waals surface area (Å²) in [7, 11) is -3.40. The van der Waals surface area contributed by atoms with Gasteiger partial charge in [-0.15, -0.1) is 22.7 Å². The molecule has 4 nitrogen and oxygen atoms in total. The van der Waals surface area contributed by atoms with Crippen molar-refractivity contribution in [3.05, 3.63) is 39.4 Å². The van der Waals surface area contributed by atoms with Gasteiger partial charge >= 0.3 is 0 Å². The first-order chi connectivity index (χ1) is 9.61. The van der Waals surface area contributed by atoms with E-state index in [4.69, 9.17) is 5.73 Å². The van der Waals surface area contributed by atoms with Gasteiger partial charge in [-0.1, -0.05) is 6.07 Å². The van der Waals surface area contributed by atoms with Gasteiger partial charge in [0, 0.05) is 28.9 Å². The van der Waals surface area contributed by atoms with Crippen molar-refractivity contribution in [1.29, 1.82) is 0 Å². The third kappa shape index (κ3) is 2.82. The number of nitrogens with two attached hydrogens (primary N) is 1. The zero-order valence-corrected chi connectivity index (χ0v) is 13.3. The van der Waals surface area contributed by atoms with Crippen LogP contribution in [0.4, 0.5) is 0 Å². The van der Waals surface area contributed by atoms with Gasteiger partial charge < -0.3 is 5.73 Å². The molecule has 2 aromatic rings. The minimum absolute atomic E-state index is 0.158. The largest absolute Gasteiger partial charge is 0.326 e. The Balaban J connectivity index is 1.89. The quantitative estimate of drug-likeness (QED) is 0.886. The highest BCUT2D eigenvalue weighted by molar-refractivity contribution is 7.91. The van der Waals surface area contributed by atoms with Gasteiger partial charge in [-0.05, 0) is 36.4 Å². The van der Waals surface area contributed by atoms with Crippen LogP contribution in [0.15, 0.2) is 33.9 Å². The predicted octanol–water partition coefficient (Wildman–Crippen LogP) is 2.62. The first kappa shape index (κ1) is 14.2. The Morgan fingerprint density at radius 3 is 2.60 bits per heavy atom. The lowest BCUT2D eigenvalue weighted by Gasteiger charge is -2.20. The van der Waals surface area contributed by atoms with Gasteiger partial charge in [-0.2, -0.15) is 4.31 Å². The zero-order valence-electron chi connectivity index (χ0n) is 10.9. The molecular weight excluding hydrogens is 312 g/mol. The van der Waals surface area contributed by atoms with Gasteiger partial charge in [-0.25, -0.2) is 8.42 Å². The lowest BCUT2D eigenvalue weighted by molar-refractivity contribution is 0.403. The summed E-state index contributed by atoms with van der Waals surface area (Å²) in [6, 6.07) is 7.57. The normalized spacial score (nSPS) is 15.9. The van der Waals surface area contributed by atoms with Crippen LogP contribution in [0, 0.1) is 0 Å². The summed E-state index contributed by atoms with van der Waals surface area (Å²) in [5.74, 6) is 0. The number of rotatable bonds is 6. The summed E-state index contributed by atoms with van der Waals surface area (Å²) < 4.78 is 27.6. The van der Waals surface area contributed by atoms with Crippen molar-refractivity contribution in [2.45, 2.75) is 36.2 Å². The second-order valence-electron chi connectivity index (χ2n) is 4.79. The van der Waals surface area contributed by atoms with Crippen molar-refractivity contribution in [2.75, 3.05) is 0 Å². The summed E-state index contributed by atoms with van der Waals surface area (Å²) in [6.45, 7) is 0.856.